The summed E-state index contributed by atoms with van der Waals surface area (Å²) in [4.78, 5) is 15.7. The van der Waals surface area contributed by atoms with Crippen molar-refractivity contribution in [1.29, 1.82) is 0 Å². The lowest BCUT2D eigenvalue weighted by atomic mass is 10.2. The first-order chi connectivity index (χ1) is 9.10. The summed E-state index contributed by atoms with van der Waals surface area (Å²) >= 11 is 4.64. The van der Waals surface area contributed by atoms with E-state index in [-0.39, 0.29) is 11.2 Å². The van der Waals surface area contributed by atoms with Gasteiger partial charge < -0.3 is 4.74 Å². The van der Waals surface area contributed by atoms with Crippen molar-refractivity contribution in [2.45, 2.75) is 17.3 Å². The topological polar surface area (TPSA) is 67.9 Å². The number of rotatable bonds is 4. The van der Waals surface area contributed by atoms with Gasteiger partial charge >= 0.3 is 5.97 Å². The Kier molecular flexibility index (Phi) is 4.60. The minimum Gasteiger partial charge on any atom is -0.468 e. The number of hydrogen-bond acceptors (Lipinski definition) is 5. The molecule has 1 aromatic carbocycles. The van der Waals surface area contributed by atoms with Crippen molar-refractivity contribution in [1.82, 2.24) is 15.2 Å². The number of H-pyrrole nitrogens is 1. The van der Waals surface area contributed by atoms with Crippen LogP contribution in [-0.2, 0) is 9.53 Å². The number of nitrogens with zero attached hydrogens (tertiary/aromatic N) is 2. The number of carbonyl (C=O) groups is 1. The van der Waals surface area contributed by atoms with Gasteiger partial charge in [0.2, 0.25) is 5.16 Å². The van der Waals surface area contributed by atoms with E-state index in [4.69, 9.17) is 0 Å². The molecule has 1 aromatic heterocycles. The van der Waals surface area contributed by atoms with E-state index in [2.05, 4.69) is 35.8 Å². The highest BCUT2D eigenvalue weighted by molar-refractivity contribution is 9.10. The number of esters is 1. The molecule has 2 aromatic rings. The maximum Gasteiger partial charge on any atom is 0.318 e. The fourth-order valence-corrected chi connectivity index (χ4v) is 2.42. The zero-order valence-electron chi connectivity index (χ0n) is 10.4. The highest BCUT2D eigenvalue weighted by Gasteiger charge is 2.17. The van der Waals surface area contributed by atoms with Crippen molar-refractivity contribution in [2.75, 3.05) is 7.11 Å². The van der Waals surface area contributed by atoms with E-state index in [1.165, 1.54) is 18.9 Å². The zero-order valence-corrected chi connectivity index (χ0v) is 12.8. The van der Waals surface area contributed by atoms with Crippen LogP contribution in [0.25, 0.3) is 11.4 Å². The molecular weight excluding hydrogens is 330 g/mol. The van der Waals surface area contributed by atoms with Crippen molar-refractivity contribution < 1.29 is 9.53 Å². The van der Waals surface area contributed by atoms with Crippen LogP contribution in [0, 0.1) is 0 Å². The number of carbonyl (C=O) groups excluding carboxylic acids is 1. The summed E-state index contributed by atoms with van der Waals surface area (Å²) in [6.07, 6.45) is 0. The lowest BCUT2D eigenvalue weighted by Crippen LogP contribution is -2.14. The van der Waals surface area contributed by atoms with Gasteiger partial charge in [-0.2, -0.15) is 0 Å². The van der Waals surface area contributed by atoms with E-state index < -0.39 is 0 Å². The second-order valence-corrected chi connectivity index (χ2v) is 5.98. The number of halogens is 1. The molecule has 0 aliphatic heterocycles. The van der Waals surface area contributed by atoms with Crippen molar-refractivity contribution in [3.8, 4) is 11.4 Å². The molecule has 0 aliphatic rings. The molecule has 1 N–H and O–H groups in total. The normalized spacial score (nSPS) is 12.2. The summed E-state index contributed by atoms with van der Waals surface area (Å²) in [6, 6.07) is 7.73. The summed E-state index contributed by atoms with van der Waals surface area (Å²) < 4.78 is 5.66. The monoisotopic (exact) mass is 341 g/mol. The van der Waals surface area contributed by atoms with E-state index in [0.717, 1.165) is 10.0 Å². The molecule has 0 aliphatic carbocycles. The summed E-state index contributed by atoms with van der Waals surface area (Å²) in [5.74, 6) is 0.382. The Morgan fingerprint density at radius 3 is 2.74 bits per heavy atom. The van der Waals surface area contributed by atoms with Crippen molar-refractivity contribution in [3.05, 3.63) is 28.7 Å². The Balaban J connectivity index is 2.11. The first-order valence-corrected chi connectivity index (χ1v) is 7.20. The van der Waals surface area contributed by atoms with Gasteiger partial charge in [-0.05, 0) is 19.1 Å². The highest BCUT2D eigenvalue weighted by Crippen LogP contribution is 2.24. The summed E-state index contributed by atoms with van der Waals surface area (Å²) in [7, 11) is 1.37. The molecule has 2 rings (SSSR count). The van der Waals surface area contributed by atoms with Crippen LogP contribution >= 0.6 is 27.7 Å². The molecule has 0 saturated carbocycles. The van der Waals surface area contributed by atoms with Crippen LogP contribution in [0.1, 0.15) is 6.92 Å². The van der Waals surface area contributed by atoms with E-state index >= 15 is 0 Å². The van der Waals surface area contributed by atoms with Gasteiger partial charge in [-0.1, -0.05) is 39.8 Å². The number of nitrogens with one attached hydrogen (secondary N) is 1. The third-order valence-corrected chi connectivity index (χ3v) is 3.87. The molecule has 7 heteroatoms. The van der Waals surface area contributed by atoms with Crippen LogP contribution in [0.3, 0.4) is 0 Å². The fourth-order valence-electron chi connectivity index (χ4n) is 1.41. The summed E-state index contributed by atoms with van der Waals surface area (Å²) in [5.41, 5.74) is 0.938. The second-order valence-electron chi connectivity index (χ2n) is 3.76. The van der Waals surface area contributed by atoms with Gasteiger partial charge in [0.05, 0.1) is 7.11 Å². The van der Waals surface area contributed by atoms with Gasteiger partial charge in [-0.15, -0.1) is 5.10 Å². The smallest absolute Gasteiger partial charge is 0.318 e. The maximum absolute atomic E-state index is 11.3. The Bertz CT molecular complexity index is 571. The Hall–Kier alpha value is -1.34. The predicted octanol–water partition coefficient (Wildman–Crippen LogP) is 2.89. The molecule has 100 valence electrons. The number of aromatic amines is 1. The predicted molar refractivity (Wildman–Crippen MR) is 76.9 cm³/mol. The number of thioether (sulfide) groups is 1. The Morgan fingerprint density at radius 1 is 1.42 bits per heavy atom. The molecule has 1 atom stereocenters. The number of benzene rings is 1. The second kappa shape index (κ2) is 6.21. The standard InChI is InChI=1S/C12H12BrN3O2S/c1-7(11(17)18-2)19-12-14-10(15-16-12)8-3-5-9(13)6-4-8/h3-7H,1-2H3,(H,14,15,16). The fraction of sp³-hybridized carbons (Fsp3) is 0.250. The van der Waals surface area contributed by atoms with Crippen LogP contribution in [0.2, 0.25) is 0 Å². The van der Waals surface area contributed by atoms with Crippen LogP contribution < -0.4 is 0 Å². The first-order valence-electron chi connectivity index (χ1n) is 5.53. The molecule has 0 amide bonds. The van der Waals surface area contributed by atoms with Gasteiger partial charge in [0.15, 0.2) is 5.82 Å². The van der Waals surface area contributed by atoms with Gasteiger partial charge in [0.25, 0.3) is 0 Å². The van der Waals surface area contributed by atoms with E-state index in [1.54, 1.807) is 6.92 Å². The van der Waals surface area contributed by atoms with Crippen molar-refractivity contribution >= 4 is 33.7 Å². The average Bonchev–Trinajstić information content (AvgIpc) is 2.87. The minimum atomic E-state index is -0.335. The van der Waals surface area contributed by atoms with Gasteiger partial charge in [-0.25, -0.2) is 4.98 Å². The number of aromatic nitrogens is 3. The van der Waals surface area contributed by atoms with Gasteiger partial charge in [0, 0.05) is 10.0 Å². The van der Waals surface area contributed by atoms with Gasteiger partial charge in [-0.3, -0.25) is 9.89 Å². The Morgan fingerprint density at radius 2 is 2.11 bits per heavy atom. The van der Waals surface area contributed by atoms with Crippen molar-refractivity contribution in [3.63, 3.8) is 0 Å². The minimum absolute atomic E-state index is 0.292. The molecular formula is C12H12BrN3O2S. The third-order valence-electron chi connectivity index (χ3n) is 2.40. The van der Waals surface area contributed by atoms with Gasteiger partial charge in [0.1, 0.15) is 5.25 Å². The molecule has 0 bridgehead atoms. The molecule has 1 heterocycles. The first kappa shape index (κ1) is 14.1. The number of methoxy groups -OCH3 is 1. The molecule has 5 nitrogen and oxygen atoms in total. The molecule has 1 unspecified atom stereocenters. The molecule has 19 heavy (non-hydrogen) atoms. The number of ether oxygens (including phenoxy) is 1. The quantitative estimate of drug-likeness (QED) is 0.684. The molecule has 0 fully saturated rings. The lowest BCUT2D eigenvalue weighted by Gasteiger charge is -2.04. The van der Waals surface area contributed by atoms with E-state index in [9.17, 15) is 4.79 Å². The molecule has 0 radical (unpaired) electrons. The Labute approximate surface area is 123 Å². The van der Waals surface area contributed by atoms with E-state index in [1.807, 2.05) is 24.3 Å². The molecule has 0 spiro atoms. The van der Waals surface area contributed by atoms with Crippen LogP contribution in [-0.4, -0.2) is 33.5 Å². The third kappa shape index (κ3) is 3.57. The lowest BCUT2D eigenvalue weighted by molar-refractivity contribution is -0.139. The average molecular weight is 342 g/mol. The maximum atomic E-state index is 11.3. The SMILES string of the molecule is COC(=O)C(C)Sc1n[nH]c(-c2ccc(Br)cc2)n1. The van der Waals surface area contributed by atoms with Crippen LogP contribution in [0.15, 0.2) is 33.9 Å². The van der Waals surface area contributed by atoms with Crippen LogP contribution in [0.5, 0.6) is 0 Å². The van der Waals surface area contributed by atoms with Crippen LogP contribution in [0.4, 0.5) is 0 Å². The summed E-state index contributed by atoms with van der Waals surface area (Å²) in [6.45, 7) is 1.76. The van der Waals surface area contributed by atoms with E-state index in [0.29, 0.717) is 11.0 Å². The summed E-state index contributed by atoms with van der Waals surface area (Å²) in [5, 5.41) is 7.12. The number of hydrogen-bond donors (Lipinski definition) is 1. The molecule has 0 saturated heterocycles. The largest absolute Gasteiger partial charge is 0.468 e. The van der Waals surface area contributed by atoms with Crippen molar-refractivity contribution in [2.24, 2.45) is 0 Å². The zero-order chi connectivity index (χ0) is 13.8. The highest BCUT2D eigenvalue weighted by atomic mass is 79.9.